The Balaban J connectivity index is 1.27. The lowest BCUT2D eigenvalue weighted by Crippen LogP contribution is -2.12. The molecule has 1 aromatic heterocycles. The first-order chi connectivity index (χ1) is 16.7. The third-order valence-corrected chi connectivity index (χ3v) is 5.36. The van der Waals surface area contributed by atoms with Crippen LogP contribution in [0.25, 0.3) is 16.9 Å². The number of carbonyl (C=O) groups is 1. The van der Waals surface area contributed by atoms with Gasteiger partial charge in [0.15, 0.2) is 0 Å². The van der Waals surface area contributed by atoms with Gasteiger partial charge in [-0.3, -0.25) is 4.79 Å². The summed E-state index contributed by atoms with van der Waals surface area (Å²) in [7, 11) is 0. The summed E-state index contributed by atoms with van der Waals surface area (Å²) >= 11 is 0. The van der Waals surface area contributed by atoms with Crippen molar-refractivity contribution in [1.29, 1.82) is 0 Å². The number of aromatic nitrogens is 3. The number of hydrogen-bond donors (Lipinski definition) is 1. The molecule has 6 heteroatoms. The van der Waals surface area contributed by atoms with E-state index in [0.717, 1.165) is 22.7 Å². The van der Waals surface area contributed by atoms with Gasteiger partial charge in [-0.2, -0.15) is 0 Å². The van der Waals surface area contributed by atoms with Crippen LogP contribution in [0.4, 0.5) is 5.69 Å². The van der Waals surface area contributed by atoms with E-state index in [9.17, 15) is 4.79 Å². The van der Waals surface area contributed by atoms with E-state index in [1.54, 1.807) is 23.0 Å². The lowest BCUT2D eigenvalue weighted by Gasteiger charge is -2.09. The average molecular weight is 447 g/mol. The van der Waals surface area contributed by atoms with Crippen molar-refractivity contribution in [2.75, 3.05) is 5.32 Å². The number of benzene rings is 4. The van der Waals surface area contributed by atoms with Crippen LogP contribution in [0, 0.1) is 6.92 Å². The molecule has 1 heterocycles. The molecule has 0 atom stereocenters. The van der Waals surface area contributed by atoms with Gasteiger partial charge in [-0.15, -0.1) is 5.10 Å². The third kappa shape index (κ3) is 4.71. The average Bonchev–Trinajstić information content (AvgIpc) is 3.36. The van der Waals surface area contributed by atoms with Crippen LogP contribution in [-0.4, -0.2) is 20.9 Å². The van der Waals surface area contributed by atoms with Gasteiger partial charge < -0.3 is 10.1 Å². The van der Waals surface area contributed by atoms with Crippen molar-refractivity contribution in [2.45, 2.75) is 6.92 Å². The molecule has 6 nitrogen and oxygen atoms in total. The summed E-state index contributed by atoms with van der Waals surface area (Å²) in [5.41, 5.74) is 5.16. The third-order valence-electron chi connectivity index (χ3n) is 5.36. The second-order valence-corrected chi connectivity index (χ2v) is 7.84. The van der Waals surface area contributed by atoms with Crippen molar-refractivity contribution in [3.05, 3.63) is 120 Å². The fourth-order valence-electron chi connectivity index (χ4n) is 3.54. The molecule has 1 N–H and O–H groups in total. The number of carbonyl (C=O) groups excluding carboxylic acids is 1. The molecule has 0 radical (unpaired) electrons. The van der Waals surface area contributed by atoms with Gasteiger partial charge in [0.25, 0.3) is 5.91 Å². The molecule has 1 amide bonds. The fraction of sp³-hybridized carbons (Fsp3) is 0.0357. The molecule has 0 saturated carbocycles. The Labute approximate surface area is 197 Å². The predicted octanol–water partition coefficient (Wildman–Crippen LogP) is 6.29. The number of nitrogens with one attached hydrogen (secondary N) is 1. The lowest BCUT2D eigenvalue weighted by molar-refractivity contribution is 0.102. The zero-order valence-corrected chi connectivity index (χ0v) is 18.6. The topological polar surface area (TPSA) is 69.0 Å². The van der Waals surface area contributed by atoms with Crippen molar-refractivity contribution in [2.24, 2.45) is 0 Å². The summed E-state index contributed by atoms with van der Waals surface area (Å²) in [5, 5.41) is 11.2. The van der Waals surface area contributed by atoms with Gasteiger partial charge in [0.2, 0.25) is 0 Å². The molecule has 0 aliphatic heterocycles. The smallest absolute Gasteiger partial charge is 0.255 e. The maximum absolute atomic E-state index is 12.7. The standard InChI is InChI=1S/C28H22N4O2/c1-20-7-9-21(10-8-20)27-19-29-31-32(27)24-15-11-22(12-16-24)28(33)30-23-13-17-26(18-14-23)34-25-5-3-2-4-6-25/h2-19H,1H3,(H,30,33). The molecule has 0 bridgehead atoms. The zero-order chi connectivity index (χ0) is 23.3. The van der Waals surface area contributed by atoms with E-state index < -0.39 is 0 Å². The lowest BCUT2D eigenvalue weighted by atomic mass is 10.1. The van der Waals surface area contributed by atoms with E-state index in [1.807, 2.05) is 78.9 Å². The van der Waals surface area contributed by atoms with Gasteiger partial charge in [0.05, 0.1) is 17.6 Å². The molecule has 5 rings (SSSR count). The minimum Gasteiger partial charge on any atom is -0.457 e. The first-order valence-electron chi connectivity index (χ1n) is 10.9. The Kier molecular flexibility index (Phi) is 5.86. The number of nitrogens with zero attached hydrogens (tertiary/aromatic N) is 3. The first-order valence-corrected chi connectivity index (χ1v) is 10.9. The number of ether oxygens (including phenoxy) is 1. The van der Waals surface area contributed by atoms with E-state index in [4.69, 9.17) is 4.74 Å². The Hall–Kier alpha value is -4.71. The van der Waals surface area contributed by atoms with E-state index in [-0.39, 0.29) is 5.91 Å². The van der Waals surface area contributed by atoms with Gasteiger partial charge in [0.1, 0.15) is 11.5 Å². The molecular weight excluding hydrogens is 424 g/mol. The minimum atomic E-state index is -0.194. The molecule has 0 fully saturated rings. The van der Waals surface area contributed by atoms with Crippen LogP contribution in [-0.2, 0) is 0 Å². The van der Waals surface area contributed by atoms with Gasteiger partial charge >= 0.3 is 0 Å². The Morgan fingerprint density at radius 3 is 2.18 bits per heavy atom. The summed E-state index contributed by atoms with van der Waals surface area (Å²) in [6, 6.07) is 32.3. The number of aryl methyl sites for hydroxylation is 1. The quantitative estimate of drug-likeness (QED) is 0.333. The first kappa shape index (κ1) is 21.2. The molecule has 5 aromatic rings. The highest BCUT2D eigenvalue weighted by Crippen LogP contribution is 2.24. The van der Waals surface area contributed by atoms with Crippen LogP contribution in [0.15, 0.2) is 109 Å². The molecule has 0 aliphatic carbocycles. The molecule has 34 heavy (non-hydrogen) atoms. The fourth-order valence-corrected chi connectivity index (χ4v) is 3.54. The van der Waals surface area contributed by atoms with Crippen LogP contribution < -0.4 is 10.1 Å². The Morgan fingerprint density at radius 2 is 1.47 bits per heavy atom. The normalized spacial score (nSPS) is 10.6. The summed E-state index contributed by atoms with van der Waals surface area (Å²) < 4.78 is 7.55. The van der Waals surface area contributed by atoms with Crippen LogP contribution in [0.1, 0.15) is 15.9 Å². The number of amides is 1. The van der Waals surface area contributed by atoms with Crippen molar-refractivity contribution in [1.82, 2.24) is 15.0 Å². The summed E-state index contributed by atoms with van der Waals surface area (Å²) in [6.07, 6.45) is 1.73. The van der Waals surface area contributed by atoms with Crippen LogP contribution in [0.2, 0.25) is 0 Å². The molecular formula is C28H22N4O2. The highest BCUT2D eigenvalue weighted by molar-refractivity contribution is 6.04. The van der Waals surface area contributed by atoms with Gasteiger partial charge in [-0.1, -0.05) is 53.2 Å². The Morgan fingerprint density at radius 1 is 0.794 bits per heavy atom. The van der Waals surface area contributed by atoms with E-state index >= 15 is 0 Å². The monoisotopic (exact) mass is 446 g/mol. The van der Waals surface area contributed by atoms with E-state index in [1.165, 1.54) is 5.56 Å². The molecule has 0 spiro atoms. The number of rotatable bonds is 6. The molecule has 4 aromatic carbocycles. The summed E-state index contributed by atoms with van der Waals surface area (Å²) in [6.45, 7) is 2.05. The molecule has 0 aliphatic rings. The van der Waals surface area contributed by atoms with E-state index in [0.29, 0.717) is 17.0 Å². The van der Waals surface area contributed by atoms with Gasteiger partial charge in [-0.05, 0) is 67.6 Å². The van der Waals surface area contributed by atoms with E-state index in [2.05, 4.69) is 34.7 Å². The number of hydrogen-bond acceptors (Lipinski definition) is 4. The predicted molar refractivity (Wildman–Crippen MR) is 132 cm³/mol. The number of anilines is 1. The maximum Gasteiger partial charge on any atom is 0.255 e. The molecule has 0 saturated heterocycles. The zero-order valence-electron chi connectivity index (χ0n) is 18.6. The maximum atomic E-state index is 12.7. The second kappa shape index (κ2) is 9.42. The summed E-state index contributed by atoms with van der Waals surface area (Å²) in [4.78, 5) is 12.7. The SMILES string of the molecule is Cc1ccc(-c2cnnn2-c2ccc(C(=O)Nc3ccc(Oc4ccccc4)cc3)cc2)cc1. The molecule has 166 valence electrons. The summed E-state index contributed by atoms with van der Waals surface area (Å²) in [5.74, 6) is 1.27. The number of para-hydroxylation sites is 1. The van der Waals surface area contributed by atoms with Crippen molar-refractivity contribution < 1.29 is 9.53 Å². The van der Waals surface area contributed by atoms with Crippen LogP contribution in [0.5, 0.6) is 11.5 Å². The second-order valence-electron chi connectivity index (χ2n) is 7.84. The van der Waals surface area contributed by atoms with Crippen LogP contribution >= 0.6 is 0 Å². The Bertz CT molecular complexity index is 1390. The minimum absolute atomic E-state index is 0.194. The largest absolute Gasteiger partial charge is 0.457 e. The van der Waals surface area contributed by atoms with Crippen LogP contribution in [0.3, 0.4) is 0 Å². The van der Waals surface area contributed by atoms with Crippen molar-refractivity contribution in [3.8, 4) is 28.4 Å². The highest BCUT2D eigenvalue weighted by Gasteiger charge is 2.11. The van der Waals surface area contributed by atoms with Gasteiger partial charge in [0, 0.05) is 16.8 Å². The highest BCUT2D eigenvalue weighted by atomic mass is 16.5. The van der Waals surface area contributed by atoms with Crippen molar-refractivity contribution >= 4 is 11.6 Å². The van der Waals surface area contributed by atoms with Crippen molar-refractivity contribution in [3.63, 3.8) is 0 Å². The molecule has 0 unspecified atom stereocenters. The van der Waals surface area contributed by atoms with Gasteiger partial charge in [-0.25, -0.2) is 4.68 Å².